The van der Waals surface area contributed by atoms with Crippen LogP contribution in [0.4, 0.5) is 4.39 Å². The summed E-state index contributed by atoms with van der Waals surface area (Å²) < 4.78 is 20.2. The second kappa shape index (κ2) is 10.2. The normalized spacial score (nSPS) is 11.0. The molecule has 154 valence electrons. The van der Waals surface area contributed by atoms with E-state index in [1.165, 1.54) is 18.3 Å². The van der Waals surface area contributed by atoms with Crippen molar-refractivity contribution in [3.63, 3.8) is 0 Å². The van der Waals surface area contributed by atoms with E-state index in [-0.39, 0.29) is 11.7 Å². The maximum Gasteiger partial charge on any atom is 0.271 e. The molecule has 0 saturated heterocycles. The van der Waals surface area contributed by atoms with E-state index >= 15 is 0 Å². The molecule has 0 aliphatic rings. The Kier molecular flexibility index (Phi) is 7.64. The maximum atomic E-state index is 13.0. The molecule has 3 aromatic rings. The molecule has 30 heavy (non-hydrogen) atoms. The summed E-state index contributed by atoms with van der Waals surface area (Å²) in [5, 5.41) is 4.52. The van der Waals surface area contributed by atoms with Crippen LogP contribution < -0.4 is 10.2 Å². The monoisotopic (exact) mass is 552 g/mol. The zero-order valence-corrected chi connectivity index (χ0v) is 19.7. The minimum Gasteiger partial charge on any atom is -0.487 e. The summed E-state index contributed by atoms with van der Waals surface area (Å²) in [6, 6.07) is 14.8. The molecule has 0 spiro atoms. The van der Waals surface area contributed by atoms with E-state index in [1.54, 1.807) is 30.3 Å². The van der Waals surface area contributed by atoms with Crippen LogP contribution in [-0.4, -0.2) is 12.1 Å². The summed E-state index contributed by atoms with van der Waals surface area (Å²) in [7, 11) is 0. The van der Waals surface area contributed by atoms with E-state index in [1.807, 2.05) is 19.1 Å². The fraction of sp³-hybridized carbons (Fsp3) is 0.0909. The van der Waals surface area contributed by atoms with Crippen LogP contribution in [0.25, 0.3) is 0 Å². The van der Waals surface area contributed by atoms with Gasteiger partial charge in [0.15, 0.2) is 0 Å². The lowest BCUT2D eigenvalue weighted by Gasteiger charge is -2.11. The quantitative estimate of drug-likeness (QED) is 0.274. The molecule has 0 aromatic heterocycles. The van der Waals surface area contributed by atoms with E-state index in [4.69, 9.17) is 16.3 Å². The molecule has 0 unspecified atom stereocenters. The number of aryl methyl sites for hydroxylation is 1. The van der Waals surface area contributed by atoms with Gasteiger partial charge in [0.1, 0.15) is 18.2 Å². The molecule has 0 aliphatic heterocycles. The Labute approximate surface area is 195 Å². The van der Waals surface area contributed by atoms with Crippen LogP contribution >= 0.6 is 43.5 Å². The minimum atomic E-state index is -0.356. The number of hydrazone groups is 1. The lowest BCUT2D eigenvalue weighted by Crippen LogP contribution is -2.17. The van der Waals surface area contributed by atoms with Crippen molar-refractivity contribution < 1.29 is 13.9 Å². The van der Waals surface area contributed by atoms with Crippen LogP contribution in [0, 0.1) is 12.7 Å². The third kappa shape index (κ3) is 5.90. The zero-order chi connectivity index (χ0) is 21.7. The van der Waals surface area contributed by atoms with Gasteiger partial charge in [0.05, 0.1) is 15.2 Å². The Morgan fingerprint density at radius 3 is 2.43 bits per heavy atom. The first-order valence-corrected chi connectivity index (χ1v) is 10.8. The Hall–Kier alpha value is -2.22. The van der Waals surface area contributed by atoms with E-state index in [0.717, 1.165) is 16.7 Å². The van der Waals surface area contributed by atoms with Crippen molar-refractivity contribution in [3.8, 4) is 5.75 Å². The summed E-state index contributed by atoms with van der Waals surface area (Å²) in [6.07, 6.45) is 1.52. The Balaban J connectivity index is 1.64. The third-order valence-electron chi connectivity index (χ3n) is 4.13. The standard InChI is InChI=1S/C22H16Br2ClFN2O2/c1-13-2-5-16(10-20(13)25)22(29)28-27-11-15-8-18(23)21(19(24)9-15)30-12-14-3-6-17(26)7-4-14/h2-11H,12H2,1H3,(H,28,29)/b27-11-. The number of nitrogens with zero attached hydrogens (tertiary/aromatic N) is 1. The van der Waals surface area contributed by atoms with Crippen LogP contribution in [0.5, 0.6) is 5.75 Å². The van der Waals surface area contributed by atoms with Gasteiger partial charge in [0, 0.05) is 10.6 Å². The number of hydrogen-bond acceptors (Lipinski definition) is 3. The van der Waals surface area contributed by atoms with Crippen molar-refractivity contribution in [2.24, 2.45) is 5.10 Å². The second-order valence-corrected chi connectivity index (χ2v) is 8.51. The van der Waals surface area contributed by atoms with E-state index < -0.39 is 0 Å². The predicted molar refractivity (Wildman–Crippen MR) is 124 cm³/mol. The molecule has 0 bridgehead atoms. The van der Waals surface area contributed by atoms with E-state index in [0.29, 0.717) is 31.9 Å². The second-order valence-electron chi connectivity index (χ2n) is 6.39. The van der Waals surface area contributed by atoms with Gasteiger partial charge in [0.25, 0.3) is 5.91 Å². The van der Waals surface area contributed by atoms with Crippen LogP contribution in [0.3, 0.4) is 0 Å². The highest BCUT2D eigenvalue weighted by molar-refractivity contribution is 9.11. The van der Waals surface area contributed by atoms with Crippen LogP contribution in [0.2, 0.25) is 5.02 Å². The number of amides is 1. The third-order valence-corrected chi connectivity index (χ3v) is 5.72. The topological polar surface area (TPSA) is 50.7 Å². The number of carbonyl (C=O) groups excluding carboxylic acids is 1. The van der Waals surface area contributed by atoms with Crippen molar-refractivity contribution >= 4 is 55.6 Å². The lowest BCUT2D eigenvalue weighted by atomic mass is 10.1. The molecular weight excluding hydrogens is 539 g/mol. The van der Waals surface area contributed by atoms with Crippen LogP contribution in [0.1, 0.15) is 27.0 Å². The predicted octanol–water partition coefficient (Wildman–Crippen LogP) is 6.66. The molecule has 1 amide bonds. The Morgan fingerprint density at radius 2 is 1.80 bits per heavy atom. The van der Waals surface area contributed by atoms with E-state index in [9.17, 15) is 9.18 Å². The number of halogens is 4. The molecule has 4 nitrogen and oxygen atoms in total. The molecule has 0 fully saturated rings. The molecule has 0 radical (unpaired) electrons. The van der Waals surface area contributed by atoms with Crippen LogP contribution in [-0.2, 0) is 6.61 Å². The Bertz CT molecular complexity index is 1080. The molecule has 8 heteroatoms. The van der Waals surface area contributed by atoms with Gasteiger partial charge in [-0.05, 0) is 91.9 Å². The van der Waals surface area contributed by atoms with Crippen molar-refractivity contribution in [1.29, 1.82) is 0 Å². The summed E-state index contributed by atoms with van der Waals surface area (Å²) in [6.45, 7) is 2.16. The van der Waals surface area contributed by atoms with Crippen LogP contribution in [0.15, 0.2) is 68.6 Å². The van der Waals surface area contributed by atoms with Gasteiger partial charge in [-0.15, -0.1) is 0 Å². The summed E-state index contributed by atoms with van der Waals surface area (Å²) in [5.41, 5.74) is 5.39. The largest absolute Gasteiger partial charge is 0.487 e. The number of benzene rings is 3. The van der Waals surface area contributed by atoms with Gasteiger partial charge in [0.2, 0.25) is 0 Å². The molecule has 0 saturated carbocycles. The molecule has 3 rings (SSSR count). The van der Waals surface area contributed by atoms with Crippen molar-refractivity contribution in [2.75, 3.05) is 0 Å². The molecular formula is C22H16Br2ClFN2O2. The van der Waals surface area contributed by atoms with E-state index in [2.05, 4.69) is 42.4 Å². The summed E-state index contributed by atoms with van der Waals surface area (Å²) in [4.78, 5) is 12.2. The highest BCUT2D eigenvalue weighted by atomic mass is 79.9. The van der Waals surface area contributed by atoms with Gasteiger partial charge < -0.3 is 4.74 Å². The summed E-state index contributed by atoms with van der Waals surface area (Å²) in [5.74, 6) is -0.0392. The fourth-order valence-corrected chi connectivity index (χ4v) is 4.12. The molecule has 0 heterocycles. The average molecular weight is 555 g/mol. The minimum absolute atomic E-state index is 0.290. The number of hydrogen-bond donors (Lipinski definition) is 1. The highest BCUT2D eigenvalue weighted by Gasteiger charge is 2.10. The van der Waals surface area contributed by atoms with Crippen molar-refractivity contribution in [2.45, 2.75) is 13.5 Å². The highest BCUT2D eigenvalue weighted by Crippen LogP contribution is 2.35. The molecule has 0 atom stereocenters. The maximum absolute atomic E-state index is 13.0. The number of carbonyl (C=O) groups is 1. The summed E-state index contributed by atoms with van der Waals surface area (Å²) >= 11 is 13.0. The first-order valence-electron chi connectivity index (χ1n) is 8.79. The van der Waals surface area contributed by atoms with Gasteiger partial charge in [-0.3, -0.25) is 4.79 Å². The average Bonchev–Trinajstić information content (AvgIpc) is 2.70. The fourth-order valence-electron chi connectivity index (χ4n) is 2.49. The zero-order valence-electron chi connectivity index (χ0n) is 15.8. The number of rotatable bonds is 6. The van der Waals surface area contributed by atoms with Gasteiger partial charge in [-0.2, -0.15) is 5.10 Å². The Morgan fingerprint density at radius 1 is 1.13 bits per heavy atom. The number of nitrogens with one attached hydrogen (secondary N) is 1. The van der Waals surface area contributed by atoms with Gasteiger partial charge >= 0.3 is 0 Å². The SMILES string of the molecule is Cc1ccc(C(=O)N/N=C\c2cc(Br)c(OCc3ccc(F)cc3)c(Br)c2)cc1Cl. The van der Waals surface area contributed by atoms with Gasteiger partial charge in [-0.1, -0.05) is 29.8 Å². The van der Waals surface area contributed by atoms with Gasteiger partial charge in [-0.25, -0.2) is 9.82 Å². The van der Waals surface area contributed by atoms with Crippen molar-refractivity contribution in [1.82, 2.24) is 5.43 Å². The molecule has 3 aromatic carbocycles. The molecule has 0 aliphatic carbocycles. The van der Waals surface area contributed by atoms with Crippen molar-refractivity contribution in [3.05, 3.63) is 96.6 Å². The smallest absolute Gasteiger partial charge is 0.271 e. The first kappa shape index (κ1) is 22.5. The lowest BCUT2D eigenvalue weighted by molar-refractivity contribution is 0.0955. The first-order chi connectivity index (χ1) is 14.3. The molecule has 1 N–H and O–H groups in total. The number of ether oxygens (including phenoxy) is 1.